The SMILES string of the molecule is Cc1ccc(-n2nc(C(C)(C)C)cc2NC(=O)Nc2ccccc2CC2CCN(C(=O)Nc3nccc4sncc34)CC2)cc1. The molecule has 0 aliphatic carbocycles. The van der Waals surface area contributed by atoms with Crippen molar-refractivity contribution in [3.8, 4) is 5.69 Å². The number of aromatic nitrogens is 4. The molecule has 3 aromatic heterocycles. The maximum atomic E-state index is 13.3. The smallest absolute Gasteiger partial charge is 0.324 e. The minimum atomic E-state index is -0.327. The zero-order valence-electron chi connectivity index (χ0n) is 26.0. The van der Waals surface area contributed by atoms with Crippen molar-refractivity contribution in [1.29, 1.82) is 0 Å². The largest absolute Gasteiger partial charge is 0.324 e. The number of benzene rings is 2. The maximum Gasteiger partial charge on any atom is 0.324 e. The Kier molecular flexibility index (Phi) is 8.53. The Morgan fingerprint density at radius 3 is 2.49 bits per heavy atom. The van der Waals surface area contributed by atoms with Crippen LogP contribution in [0, 0.1) is 12.8 Å². The number of hydrogen-bond donors (Lipinski definition) is 3. The molecule has 1 fully saturated rings. The van der Waals surface area contributed by atoms with E-state index in [9.17, 15) is 9.59 Å². The first-order chi connectivity index (χ1) is 21.6. The van der Waals surface area contributed by atoms with Gasteiger partial charge in [0.05, 0.1) is 27.7 Å². The molecule has 10 nitrogen and oxygen atoms in total. The van der Waals surface area contributed by atoms with Crippen LogP contribution < -0.4 is 16.0 Å². The van der Waals surface area contributed by atoms with Gasteiger partial charge in [0.15, 0.2) is 0 Å². The van der Waals surface area contributed by atoms with E-state index in [1.807, 2.05) is 66.4 Å². The number of para-hydroxylation sites is 1. The highest BCUT2D eigenvalue weighted by Crippen LogP contribution is 2.29. The van der Waals surface area contributed by atoms with Gasteiger partial charge in [-0.25, -0.2) is 19.3 Å². The summed E-state index contributed by atoms with van der Waals surface area (Å²) in [5.74, 6) is 1.54. The van der Waals surface area contributed by atoms with Crippen LogP contribution in [0.5, 0.6) is 0 Å². The van der Waals surface area contributed by atoms with E-state index in [-0.39, 0.29) is 17.5 Å². The molecule has 6 rings (SSSR count). The van der Waals surface area contributed by atoms with Crippen LogP contribution in [0.15, 0.2) is 73.1 Å². The number of anilines is 3. The standard InChI is InChI=1S/C34H38N8O2S/c1-22-9-11-25(12-10-22)42-30(20-29(40-42)34(2,3)4)38-32(43)37-27-8-6-5-7-24(27)19-23-14-17-41(18-15-23)33(44)39-31-26-21-36-45-28(26)13-16-35-31/h5-13,16,20-21,23H,14-15,17-19H2,1-4H3,(H,35,39,44)(H2,37,38,43). The number of carbonyl (C=O) groups excluding carboxylic acids is 2. The number of pyridine rings is 1. The Balaban J connectivity index is 1.08. The number of urea groups is 2. The summed E-state index contributed by atoms with van der Waals surface area (Å²) in [5, 5.41) is 14.8. The first-order valence-electron chi connectivity index (χ1n) is 15.2. The molecular weight excluding hydrogens is 584 g/mol. The Hall–Kier alpha value is -4.77. The van der Waals surface area contributed by atoms with Crippen LogP contribution >= 0.6 is 11.5 Å². The van der Waals surface area contributed by atoms with Crippen molar-refractivity contribution in [3.05, 3.63) is 89.9 Å². The first-order valence-corrected chi connectivity index (χ1v) is 16.0. The number of nitrogens with one attached hydrogen (secondary N) is 3. The highest BCUT2D eigenvalue weighted by molar-refractivity contribution is 7.13. The maximum absolute atomic E-state index is 13.3. The van der Waals surface area contributed by atoms with E-state index in [0.29, 0.717) is 30.6 Å². The third kappa shape index (κ3) is 6.99. The summed E-state index contributed by atoms with van der Waals surface area (Å²) >= 11 is 1.38. The number of aryl methyl sites for hydroxylation is 1. The van der Waals surface area contributed by atoms with Gasteiger partial charge >= 0.3 is 12.1 Å². The minimum Gasteiger partial charge on any atom is -0.324 e. The van der Waals surface area contributed by atoms with Gasteiger partial charge in [0.1, 0.15) is 11.6 Å². The van der Waals surface area contributed by atoms with Crippen LogP contribution in [0.1, 0.15) is 50.4 Å². The summed E-state index contributed by atoms with van der Waals surface area (Å²) in [7, 11) is 0. The van der Waals surface area contributed by atoms with Gasteiger partial charge in [-0.15, -0.1) is 0 Å². The molecule has 0 atom stereocenters. The molecule has 5 aromatic rings. The zero-order chi connectivity index (χ0) is 31.6. The van der Waals surface area contributed by atoms with Crippen LogP contribution in [0.25, 0.3) is 15.8 Å². The van der Waals surface area contributed by atoms with Gasteiger partial charge in [-0.3, -0.25) is 10.6 Å². The van der Waals surface area contributed by atoms with Gasteiger partial charge in [0, 0.05) is 36.5 Å². The Morgan fingerprint density at radius 1 is 0.978 bits per heavy atom. The zero-order valence-corrected chi connectivity index (χ0v) is 26.8. The lowest BCUT2D eigenvalue weighted by Gasteiger charge is -2.32. The fourth-order valence-electron chi connectivity index (χ4n) is 5.54. The van der Waals surface area contributed by atoms with Crippen LogP contribution in [-0.4, -0.2) is 49.2 Å². The Morgan fingerprint density at radius 2 is 1.73 bits per heavy atom. The molecular formula is C34H38N8O2S. The second kappa shape index (κ2) is 12.7. The van der Waals surface area contributed by atoms with Gasteiger partial charge in [-0.05, 0) is 73.5 Å². The van der Waals surface area contributed by atoms with E-state index in [0.717, 1.165) is 57.5 Å². The highest BCUT2D eigenvalue weighted by atomic mass is 32.1. The molecule has 0 radical (unpaired) electrons. The second-order valence-electron chi connectivity index (χ2n) is 12.6. The van der Waals surface area contributed by atoms with Crippen LogP contribution in [0.4, 0.5) is 26.9 Å². The fraction of sp³-hybridized carbons (Fsp3) is 0.324. The number of likely N-dealkylation sites (tertiary alicyclic amines) is 1. The molecule has 0 spiro atoms. The molecule has 45 heavy (non-hydrogen) atoms. The molecule has 2 aromatic carbocycles. The van der Waals surface area contributed by atoms with Crippen molar-refractivity contribution in [2.45, 2.75) is 52.4 Å². The van der Waals surface area contributed by atoms with Crippen molar-refractivity contribution in [1.82, 2.24) is 24.0 Å². The van der Waals surface area contributed by atoms with Gasteiger partial charge < -0.3 is 10.2 Å². The molecule has 4 heterocycles. The topological polar surface area (TPSA) is 117 Å². The van der Waals surface area contributed by atoms with E-state index >= 15 is 0 Å². The Bertz CT molecular complexity index is 1810. The predicted molar refractivity (Wildman–Crippen MR) is 181 cm³/mol. The molecule has 4 amide bonds. The predicted octanol–water partition coefficient (Wildman–Crippen LogP) is 7.61. The number of rotatable bonds is 6. The highest BCUT2D eigenvalue weighted by Gasteiger charge is 2.25. The van der Waals surface area contributed by atoms with E-state index in [4.69, 9.17) is 5.10 Å². The van der Waals surface area contributed by atoms with Crippen molar-refractivity contribution in [2.75, 3.05) is 29.0 Å². The van der Waals surface area contributed by atoms with E-state index in [1.165, 1.54) is 11.5 Å². The summed E-state index contributed by atoms with van der Waals surface area (Å²) in [6.07, 6.45) is 5.98. The quantitative estimate of drug-likeness (QED) is 0.180. The summed E-state index contributed by atoms with van der Waals surface area (Å²) < 4.78 is 6.98. The van der Waals surface area contributed by atoms with E-state index in [1.54, 1.807) is 17.1 Å². The lowest BCUT2D eigenvalue weighted by molar-refractivity contribution is 0.182. The van der Waals surface area contributed by atoms with Crippen molar-refractivity contribution in [3.63, 3.8) is 0 Å². The van der Waals surface area contributed by atoms with Crippen LogP contribution in [-0.2, 0) is 11.8 Å². The number of piperidine rings is 1. The lowest BCUT2D eigenvalue weighted by Crippen LogP contribution is -2.41. The monoisotopic (exact) mass is 622 g/mol. The molecule has 1 aliphatic heterocycles. The first kappa shape index (κ1) is 30.3. The molecule has 232 valence electrons. The average Bonchev–Trinajstić information content (AvgIpc) is 3.67. The van der Waals surface area contributed by atoms with Gasteiger partial charge in [-0.1, -0.05) is 56.7 Å². The number of hydrogen-bond acceptors (Lipinski definition) is 6. The number of nitrogens with zero attached hydrogens (tertiary/aromatic N) is 5. The van der Waals surface area contributed by atoms with Crippen LogP contribution in [0.2, 0.25) is 0 Å². The number of amides is 4. The van der Waals surface area contributed by atoms with Crippen LogP contribution in [0.3, 0.4) is 0 Å². The second-order valence-corrected chi connectivity index (χ2v) is 13.4. The minimum absolute atomic E-state index is 0.141. The molecule has 11 heteroatoms. The summed E-state index contributed by atoms with van der Waals surface area (Å²) in [5.41, 5.74) is 4.58. The lowest BCUT2D eigenvalue weighted by atomic mass is 9.89. The van der Waals surface area contributed by atoms with E-state index in [2.05, 4.69) is 52.1 Å². The fourth-order valence-corrected chi connectivity index (χ4v) is 6.18. The van der Waals surface area contributed by atoms with E-state index < -0.39 is 0 Å². The molecule has 3 N–H and O–H groups in total. The molecule has 1 aliphatic rings. The van der Waals surface area contributed by atoms with Crippen molar-refractivity contribution >= 4 is 51.0 Å². The van der Waals surface area contributed by atoms with Gasteiger partial charge in [0.2, 0.25) is 0 Å². The Labute approximate surface area is 267 Å². The number of carbonyl (C=O) groups is 2. The van der Waals surface area contributed by atoms with Crippen molar-refractivity contribution in [2.24, 2.45) is 5.92 Å². The normalized spacial score (nSPS) is 14.0. The summed E-state index contributed by atoms with van der Waals surface area (Å²) in [4.78, 5) is 32.5. The van der Waals surface area contributed by atoms with Gasteiger partial charge in [-0.2, -0.15) is 9.47 Å². The number of fused-ring (bicyclic) bond motifs is 1. The van der Waals surface area contributed by atoms with Crippen molar-refractivity contribution < 1.29 is 9.59 Å². The average molecular weight is 623 g/mol. The van der Waals surface area contributed by atoms with Gasteiger partial charge in [0.25, 0.3) is 0 Å². The third-order valence-corrected chi connectivity index (χ3v) is 8.95. The molecule has 1 saturated heterocycles. The molecule has 0 saturated carbocycles. The molecule has 0 unspecified atom stereocenters. The summed E-state index contributed by atoms with van der Waals surface area (Å²) in [6, 6.07) is 19.3. The summed E-state index contributed by atoms with van der Waals surface area (Å²) in [6.45, 7) is 9.67. The third-order valence-electron chi connectivity index (χ3n) is 8.18. The molecule has 0 bridgehead atoms.